The molecule has 0 radical (unpaired) electrons. The molecule has 0 bridgehead atoms. The summed E-state index contributed by atoms with van der Waals surface area (Å²) in [5.41, 5.74) is 6.01. The summed E-state index contributed by atoms with van der Waals surface area (Å²) in [6, 6.07) is 17.4. The van der Waals surface area contributed by atoms with Gasteiger partial charge >= 0.3 is 6.03 Å². The van der Waals surface area contributed by atoms with Crippen LogP contribution in [-0.2, 0) is 4.79 Å². The van der Waals surface area contributed by atoms with Crippen molar-refractivity contribution in [2.75, 3.05) is 18.4 Å². The predicted molar refractivity (Wildman–Crippen MR) is 102 cm³/mol. The van der Waals surface area contributed by atoms with E-state index in [0.717, 1.165) is 18.5 Å². The number of nitrogens with zero attached hydrogens (tertiary/aromatic N) is 1. The molecule has 140 valence electrons. The lowest BCUT2D eigenvalue weighted by molar-refractivity contribution is -0.121. The first kappa shape index (κ1) is 18.4. The number of carbonyl (C=O) groups is 3. The predicted octanol–water partition coefficient (Wildman–Crippen LogP) is 2.39. The number of likely N-dealkylation sites (tertiary alicyclic amines) is 1. The van der Waals surface area contributed by atoms with E-state index < -0.39 is 6.03 Å². The fourth-order valence-electron chi connectivity index (χ4n) is 2.99. The van der Waals surface area contributed by atoms with Gasteiger partial charge in [-0.25, -0.2) is 10.2 Å². The third-order valence-corrected chi connectivity index (χ3v) is 4.44. The molecule has 3 N–H and O–H groups in total. The number of hydrogen-bond donors (Lipinski definition) is 3. The standard InChI is InChI=1S/C20H22N4O3/c25-18(21-17-11-5-2-6-12-17)16-10-7-13-24(14-16)20(27)23-22-19(26)15-8-3-1-4-9-15/h1-6,8-9,11-12,16H,7,10,13-14H2,(H,21,25)(H,22,26)(H,23,27). The third-order valence-electron chi connectivity index (χ3n) is 4.44. The van der Waals surface area contributed by atoms with Gasteiger partial charge in [-0.05, 0) is 37.1 Å². The molecule has 2 aromatic carbocycles. The van der Waals surface area contributed by atoms with Gasteiger partial charge in [-0.3, -0.25) is 15.0 Å². The minimum atomic E-state index is -0.420. The molecule has 1 saturated heterocycles. The van der Waals surface area contributed by atoms with Crippen molar-refractivity contribution in [1.82, 2.24) is 15.8 Å². The number of hydrogen-bond acceptors (Lipinski definition) is 3. The van der Waals surface area contributed by atoms with Crippen molar-refractivity contribution < 1.29 is 14.4 Å². The molecule has 2 aromatic rings. The Morgan fingerprint density at radius 3 is 2.26 bits per heavy atom. The van der Waals surface area contributed by atoms with Gasteiger partial charge in [-0.15, -0.1) is 0 Å². The van der Waals surface area contributed by atoms with Gasteiger partial charge in [0.2, 0.25) is 5.91 Å². The molecule has 1 aliphatic rings. The van der Waals surface area contributed by atoms with Crippen LogP contribution in [0.1, 0.15) is 23.2 Å². The summed E-state index contributed by atoms with van der Waals surface area (Å²) in [5.74, 6) is -0.777. The number of hydrazine groups is 1. The average molecular weight is 366 g/mol. The molecule has 0 spiro atoms. The second-order valence-electron chi connectivity index (χ2n) is 6.39. The Kier molecular flexibility index (Phi) is 6.04. The number of piperidine rings is 1. The van der Waals surface area contributed by atoms with Gasteiger partial charge in [0.15, 0.2) is 0 Å². The number of amides is 4. The fraction of sp³-hybridized carbons (Fsp3) is 0.250. The number of para-hydroxylation sites is 1. The first-order valence-corrected chi connectivity index (χ1v) is 8.89. The van der Waals surface area contributed by atoms with E-state index in [-0.39, 0.29) is 17.7 Å². The van der Waals surface area contributed by atoms with Gasteiger partial charge in [0, 0.05) is 24.3 Å². The maximum absolute atomic E-state index is 12.4. The first-order valence-electron chi connectivity index (χ1n) is 8.89. The molecular formula is C20H22N4O3. The van der Waals surface area contributed by atoms with Crippen LogP contribution >= 0.6 is 0 Å². The second kappa shape index (κ2) is 8.84. The average Bonchev–Trinajstić information content (AvgIpc) is 2.73. The number of benzene rings is 2. The summed E-state index contributed by atoms with van der Waals surface area (Å²) in [4.78, 5) is 38.3. The van der Waals surface area contributed by atoms with Crippen LogP contribution in [0.2, 0.25) is 0 Å². The zero-order valence-electron chi connectivity index (χ0n) is 14.9. The van der Waals surface area contributed by atoms with Crippen molar-refractivity contribution >= 4 is 23.5 Å². The van der Waals surface area contributed by atoms with E-state index in [4.69, 9.17) is 0 Å². The SMILES string of the molecule is O=C(NNC(=O)N1CCCC(C(=O)Nc2ccccc2)C1)c1ccccc1. The zero-order valence-corrected chi connectivity index (χ0v) is 14.9. The third kappa shape index (κ3) is 5.07. The van der Waals surface area contributed by atoms with Crippen LogP contribution in [0.5, 0.6) is 0 Å². The summed E-state index contributed by atoms with van der Waals surface area (Å²) in [6.45, 7) is 0.855. The fourth-order valence-corrected chi connectivity index (χ4v) is 2.99. The first-order chi connectivity index (χ1) is 13.1. The van der Waals surface area contributed by atoms with Crippen molar-refractivity contribution in [3.8, 4) is 0 Å². The van der Waals surface area contributed by atoms with E-state index >= 15 is 0 Å². The maximum Gasteiger partial charge on any atom is 0.336 e. The van der Waals surface area contributed by atoms with Crippen LogP contribution in [0.15, 0.2) is 60.7 Å². The van der Waals surface area contributed by atoms with Crippen molar-refractivity contribution in [2.45, 2.75) is 12.8 Å². The minimum Gasteiger partial charge on any atom is -0.326 e. The van der Waals surface area contributed by atoms with Crippen molar-refractivity contribution in [2.24, 2.45) is 5.92 Å². The molecule has 0 aromatic heterocycles. The Morgan fingerprint density at radius 2 is 1.56 bits per heavy atom. The Bertz CT molecular complexity index is 795. The van der Waals surface area contributed by atoms with Crippen LogP contribution in [0.4, 0.5) is 10.5 Å². The summed E-state index contributed by atoms with van der Waals surface area (Å²) < 4.78 is 0. The van der Waals surface area contributed by atoms with Crippen LogP contribution < -0.4 is 16.2 Å². The second-order valence-corrected chi connectivity index (χ2v) is 6.39. The molecule has 4 amide bonds. The molecule has 0 saturated carbocycles. The molecular weight excluding hydrogens is 344 g/mol. The normalized spacial score (nSPS) is 16.3. The highest BCUT2D eigenvalue weighted by atomic mass is 16.2. The van der Waals surface area contributed by atoms with Crippen LogP contribution in [0.3, 0.4) is 0 Å². The number of carbonyl (C=O) groups excluding carboxylic acids is 3. The highest BCUT2D eigenvalue weighted by Gasteiger charge is 2.28. The quantitative estimate of drug-likeness (QED) is 0.729. The molecule has 1 atom stereocenters. The summed E-state index contributed by atoms with van der Waals surface area (Å²) >= 11 is 0. The molecule has 1 aliphatic heterocycles. The minimum absolute atomic E-state index is 0.105. The number of urea groups is 1. The molecule has 7 heteroatoms. The Morgan fingerprint density at radius 1 is 0.889 bits per heavy atom. The van der Waals surface area contributed by atoms with Crippen LogP contribution in [0, 0.1) is 5.92 Å². The monoisotopic (exact) mass is 366 g/mol. The van der Waals surface area contributed by atoms with E-state index in [0.29, 0.717) is 18.7 Å². The Hall–Kier alpha value is -3.35. The van der Waals surface area contributed by atoms with Crippen molar-refractivity contribution in [1.29, 1.82) is 0 Å². The van der Waals surface area contributed by atoms with E-state index in [1.807, 2.05) is 36.4 Å². The smallest absolute Gasteiger partial charge is 0.326 e. The molecule has 1 unspecified atom stereocenters. The van der Waals surface area contributed by atoms with Gasteiger partial charge in [0.1, 0.15) is 0 Å². The van der Waals surface area contributed by atoms with Crippen LogP contribution in [0.25, 0.3) is 0 Å². The largest absolute Gasteiger partial charge is 0.336 e. The van der Waals surface area contributed by atoms with E-state index in [1.54, 1.807) is 29.2 Å². The van der Waals surface area contributed by atoms with Crippen LogP contribution in [-0.4, -0.2) is 35.8 Å². The highest BCUT2D eigenvalue weighted by molar-refractivity contribution is 5.95. The van der Waals surface area contributed by atoms with Gasteiger partial charge in [0.05, 0.1) is 5.92 Å². The molecule has 0 aliphatic carbocycles. The molecule has 3 rings (SSSR count). The maximum atomic E-state index is 12.4. The summed E-state index contributed by atoms with van der Waals surface area (Å²) in [7, 11) is 0. The van der Waals surface area contributed by atoms with Gasteiger partial charge in [-0.2, -0.15) is 0 Å². The van der Waals surface area contributed by atoms with Gasteiger partial charge < -0.3 is 10.2 Å². The van der Waals surface area contributed by atoms with E-state index in [1.165, 1.54) is 0 Å². The Labute approximate surface area is 157 Å². The Balaban J connectivity index is 1.50. The lowest BCUT2D eigenvalue weighted by Crippen LogP contribution is -2.52. The topological polar surface area (TPSA) is 90.5 Å². The summed E-state index contributed by atoms with van der Waals surface area (Å²) in [6.07, 6.45) is 1.45. The lowest BCUT2D eigenvalue weighted by atomic mass is 9.97. The van der Waals surface area contributed by atoms with Gasteiger partial charge in [-0.1, -0.05) is 36.4 Å². The lowest BCUT2D eigenvalue weighted by Gasteiger charge is -2.32. The van der Waals surface area contributed by atoms with Crippen molar-refractivity contribution in [3.05, 3.63) is 66.2 Å². The highest BCUT2D eigenvalue weighted by Crippen LogP contribution is 2.18. The zero-order chi connectivity index (χ0) is 19.1. The number of anilines is 1. The number of rotatable bonds is 3. The van der Waals surface area contributed by atoms with E-state index in [2.05, 4.69) is 16.2 Å². The number of nitrogens with one attached hydrogen (secondary N) is 3. The molecule has 7 nitrogen and oxygen atoms in total. The summed E-state index contributed by atoms with van der Waals surface area (Å²) in [5, 5.41) is 2.88. The molecule has 1 fully saturated rings. The van der Waals surface area contributed by atoms with Gasteiger partial charge in [0.25, 0.3) is 5.91 Å². The van der Waals surface area contributed by atoms with E-state index in [9.17, 15) is 14.4 Å². The molecule has 1 heterocycles. The molecule has 27 heavy (non-hydrogen) atoms. The van der Waals surface area contributed by atoms with Crippen molar-refractivity contribution in [3.63, 3.8) is 0 Å².